The zero-order chi connectivity index (χ0) is 18.8. The SMILES string of the molecule is O=S(=O)(Nc1ccc(S(=O)(=O)Nc2nccs2)cc1)c1ccc(F)cc1. The first-order chi connectivity index (χ1) is 12.3. The Labute approximate surface area is 153 Å². The van der Waals surface area contributed by atoms with Crippen molar-refractivity contribution < 1.29 is 21.2 Å². The summed E-state index contributed by atoms with van der Waals surface area (Å²) in [5.41, 5.74) is 0.169. The zero-order valence-electron chi connectivity index (χ0n) is 13.0. The van der Waals surface area contributed by atoms with Crippen LogP contribution in [0.25, 0.3) is 0 Å². The van der Waals surface area contributed by atoms with Gasteiger partial charge in [0, 0.05) is 17.3 Å². The van der Waals surface area contributed by atoms with Gasteiger partial charge in [0.05, 0.1) is 9.79 Å². The molecule has 0 spiro atoms. The van der Waals surface area contributed by atoms with E-state index in [1.165, 1.54) is 30.5 Å². The highest BCUT2D eigenvalue weighted by molar-refractivity contribution is 7.93. The van der Waals surface area contributed by atoms with Crippen LogP contribution in [-0.2, 0) is 20.0 Å². The normalized spacial score (nSPS) is 11.9. The van der Waals surface area contributed by atoms with Crippen molar-refractivity contribution in [2.75, 3.05) is 9.44 Å². The number of nitrogens with zero attached hydrogens (tertiary/aromatic N) is 1. The summed E-state index contributed by atoms with van der Waals surface area (Å²) in [5.74, 6) is -0.550. The predicted octanol–water partition coefficient (Wildman–Crippen LogP) is 2.88. The molecule has 0 fully saturated rings. The summed E-state index contributed by atoms with van der Waals surface area (Å²) in [5, 5.41) is 1.86. The molecule has 0 saturated carbocycles. The highest BCUT2D eigenvalue weighted by Crippen LogP contribution is 2.21. The first kappa shape index (κ1) is 18.3. The second-order valence-corrected chi connectivity index (χ2v) is 9.29. The van der Waals surface area contributed by atoms with Crippen LogP contribution in [0.15, 0.2) is 69.9 Å². The summed E-state index contributed by atoms with van der Waals surface area (Å²) in [6.45, 7) is 0. The van der Waals surface area contributed by atoms with Gasteiger partial charge in [0.15, 0.2) is 5.13 Å². The molecule has 0 radical (unpaired) electrons. The van der Waals surface area contributed by atoms with E-state index in [1.807, 2.05) is 0 Å². The van der Waals surface area contributed by atoms with Crippen molar-refractivity contribution in [2.24, 2.45) is 0 Å². The van der Waals surface area contributed by atoms with E-state index >= 15 is 0 Å². The van der Waals surface area contributed by atoms with Crippen LogP contribution in [0.5, 0.6) is 0 Å². The highest BCUT2D eigenvalue weighted by atomic mass is 32.2. The molecule has 0 aliphatic carbocycles. The minimum atomic E-state index is -3.91. The molecule has 136 valence electrons. The number of hydrogen-bond donors (Lipinski definition) is 2. The van der Waals surface area contributed by atoms with E-state index in [9.17, 15) is 21.2 Å². The molecule has 11 heteroatoms. The monoisotopic (exact) mass is 413 g/mol. The largest absolute Gasteiger partial charge is 0.280 e. The summed E-state index contributed by atoms with van der Waals surface area (Å²) in [6.07, 6.45) is 1.47. The second kappa shape index (κ2) is 7.02. The van der Waals surface area contributed by atoms with Crippen molar-refractivity contribution >= 4 is 42.2 Å². The molecule has 3 rings (SSSR count). The van der Waals surface area contributed by atoms with Gasteiger partial charge in [0.1, 0.15) is 5.82 Å². The average Bonchev–Trinajstić information content (AvgIpc) is 3.07. The Hall–Kier alpha value is -2.50. The molecule has 7 nitrogen and oxygen atoms in total. The van der Waals surface area contributed by atoms with E-state index in [2.05, 4.69) is 14.4 Å². The van der Waals surface area contributed by atoms with Gasteiger partial charge in [-0.2, -0.15) is 0 Å². The Kier molecular flexibility index (Phi) is 4.94. The van der Waals surface area contributed by atoms with Crippen molar-refractivity contribution in [1.82, 2.24) is 4.98 Å². The van der Waals surface area contributed by atoms with E-state index in [0.29, 0.717) is 0 Å². The van der Waals surface area contributed by atoms with Gasteiger partial charge in [-0.3, -0.25) is 9.44 Å². The van der Waals surface area contributed by atoms with Crippen molar-refractivity contribution in [2.45, 2.75) is 9.79 Å². The summed E-state index contributed by atoms with van der Waals surface area (Å²) in [6, 6.07) is 9.50. The molecule has 0 aliphatic rings. The van der Waals surface area contributed by atoms with E-state index < -0.39 is 25.9 Å². The fourth-order valence-corrected chi connectivity index (χ4v) is 4.83. The topological polar surface area (TPSA) is 105 Å². The number of thiazole rings is 1. The molecule has 1 aromatic heterocycles. The summed E-state index contributed by atoms with van der Waals surface area (Å²) >= 11 is 1.13. The fraction of sp³-hybridized carbons (Fsp3) is 0. The number of benzene rings is 2. The van der Waals surface area contributed by atoms with Gasteiger partial charge in [0.25, 0.3) is 20.0 Å². The van der Waals surface area contributed by atoms with Gasteiger partial charge in [-0.25, -0.2) is 26.2 Å². The number of sulfonamides is 2. The van der Waals surface area contributed by atoms with E-state index in [-0.39, 0.29) is 20.6 Å². The minimum Gasteiger partial charge on any atom is -0.280 e. The number of anilines is 2. The van der Waals surface area contributed by atoms with Crippen molar-refractivity contribution in [1.29, 1.82) is 0 Å². The third kappa shape index (κ3) is 4.18. The van der Waals surface area contributed by atoms with Crippen LogP contribution in [0, 0.1) is 5.82 Å². The average molecular weight is 413 g/mol. The van der Waals surface area contributed by atoms with Gasteiger partial charge in [-0.15, -0.1) is 11.3 Å². The molecule has 26 heavy (non-hydrogen) atoms. The lowest BCUT2D eigenvalue weighted by atomic mass is 10.3. The molecular formula is C15H12FN3O4S3. The lowest BCUT2D eigenvalue weighted by molar-refractivity contribution is 0.599. The van der Waals surface area contributed by atoms with Gasteiger partial charge in [-0.1, -0.05) is 0 Å². The second-order valence-electron chi connectivity index (χ2n) is 5.03. The number of nitrogens with one attached hydrogen (secondary N) is 2. The molecule has 0 atom stereocenters. The highest BCUT2D eigenvalue weighted by Gasteiger charge is 2.17. The third-order valence-electron chi connectivity index (χ3n) is 3.19. The van der Waals surface area contributed by atoms with Crippen LogP contribution in [0.4, 0.5) is 15.2 Å². The smallest absolute Gasteiger partial charge is 0.263 e. The molecule has 0 bridgehead atoms. The van der Waals surface area contributed by atoms with Crippen LogP contribution in [0.2, 0.25) is 0 Å². The summed E-state index contributed by atoms with van der Waals surface area (Å²) in [4.78, 5) is 3.69. The van der Waals surface area contributed by atoms with E-state index in [0.717, 1.165) is 35.6 Å². The Balaban J connectivity index is 1.78. The van der Waals surface area contributed by atoms with Crippen molar-refractivity contribution in [3.8, 4) is 0 Å². The van der Waals surface area contributed by atoms with Gasteiger partial charge in [0.2, 0.25) is 0 Å². The molecule has 3 aromatic rings. The maximum atomic E-state index is 12.9. The Morgan fingerprint density at radius 2 is 1.35 bits per heavy atom. The molecule has 0 aliphatic heterocycles. The van der Waals surface area contributed by atoms with Crippen LogP contribution in [0.3, 0.4) is 0 Å². The Bertz CT molecular complexity index is 1100. The Morgan fingerprint density at radius 3 is 1.88 bits per heavy atom. The first-order valence-electron chi connectivity index (χ1n) is 7.07. The van der Waals surface area contributed by atoms with Gasteiger partial charge in [-0.05, 0) is 48.5 Å². The van der Waals surface area contributed by atoms with Gasteiger partial charge < -0.3 is 0 Å². The number of aromatic nitrogens is 1. The predicted molar refractivity (Wildman–Crippen MR) is 96.6 cm³/mol. The fourth-order valence-electron chi connectivity index (χ4n) is 1.98. The maximum Gasteiger partial charge on any atom is 0.263 e. The maximum absolute atomic E-state index is 12.9. The standard InChI is InChI=1S/C15H12FN3O4S3/c16-11-1-5-13(6-2-11)25(20,21)18-12-3-7-14(8-4-12)26(22,23)19-15-17-9-10-24-15/h1-10,18H,(H,17,19). The quantitative estimate of drug-likeness (QED) is 0.646. The number of rotatable bonds is 6. The molecule has 0 saturated heterocycles. The zero-order valence-corrected chi connectivity index (χ0v) is 15.4. The summed E-state index contributed by atoms with van der Waals surface area (Å²) < 4.78 is 66.5. The lowest BCUT2D eigenvalue weighted by Gasteiger charge is -2.09. The number of halogens is 1. The molecule has 0 unspecified atom stereocenters. The van der Waals surface area contributed by atoms with Crippen molar-refractivity contribution in [3.63, 3.8) is 0 Å². The molecule has 2 N–H and O–H groups in total. The number of hydrogen-bond acceptors (Lipinski definition) is 6. The van der Waals surface area contributed by atoms with Gasteiger partial charge >= 0.3 is 0 Å². The molecular weight excluding hydrogens is 401 g/mol. The molecule has 2 aromatic carbocycles. The minimum absolute atomic E-state index is 0.0440. The van der Waals surface area contributed by atoms with E-state index in [4.69, 9.17) is 0 Å². The molecule has 0 amide bonds. The first-order valence-corrected chi connectivity index (χ1v) is 10.9. The Morgan fingerprint density at radius 1 is 0.808 bits per heavy atom. The molecule has 1 heterocycles. The lowest BCUT2D eigenvalue weighted by Crippen LogP contribution is -2.14. The van der Waals surface area contributed by atoms with Crippen LogP contribution < -0.4 is 9.44 Å². The van der Waals surface area contributed by atoms with Crippen LogP contribution >= 0.6 is 11.3 Å². The van der Waals surface area contributed by atoms with E-state index in [1.54, 1.807) is 5.38 Å². The third-order valence-corrected chi connectivity index (χ3v) is 6.76. The summed E-state index contributed by atoms with van der Waals surface area (Å²) in [7, 11) is -7.73. The van der Waals surface area contributed by atoms with Crippen LogP contribution in [-0.4, -0.2) is 21.8 Å². The van der Waals surface area contributed by atoms with Crippen molar-refractivity contribution in [3.05, 3.63) is 65.9 Å². The van der Waals surface area contributed by atoms with Crippen LogP contribution in [0.1, 0.15) is 0 Å².